The van der Waals surface area contributed by atoms with Gasteiger partial charge in [0.15, 0.2) is 0 Å². The Morgan fingerprint density at radius 2 is 1.73 bits per heavy atom. The Kier molecular flexibility index (Phi) is 2.94. The predicted octanol–water partition coefficient (Wildman–Crippen LogP) is 4.80. The Morgan fingerprint density at radius 1 is 0.933 bits per heavy atom. The SMILES string of the molecule is Fc1cccc(-c2ccc(Cl)cc2Cl)c1. The predicted molar refractivity (Wildman–Crippen MR) is 61.9 cm³/mol. The van der Waals surface area contributed by atoms with Crippen LogP contribution in [0.2, 0.25) is 10.0 Å². The van der Waals surface area contributed by atoms with Crippen LogP contribution in [0.15, 0.2) is 42.5 Å². The van der Waals surface area contributed by atoms with Gasteiger partial charge in [0.1, 0.15) is 5.82 Å². The van der Waals surface area contributed by atoms with Gasteiger partial charge in [-0.15, -0.1) is 0 Å². The van der Waals surface area contributed by atoms with Crippen LogP contribution in [-0.2, 0) is 0 Å². The Morgan fingerprint density at radius 3 is 2.40 bits per heavy atom. The highest BCUT2D eigenvalue weighted by atomic mass is 35.5. The van der Waals surface area contributed by atoms with Crippen LogP contribution in [0.5, 0.6) is 0 Å². The molecule has 0 spiro atoms. The highest BCUT2D eigenvalue weighted by Gasteiger charge is 2.04. The van der Waals surface area contributed by atoms with Crippen LogP contribution in [-0.4, -0.2) is 0 Å². The van der Waals surface area contributed by atoms with Crippen LogP contribution in [0.4, 0.5) is 4.39 Å². The van der Waals surface area contributed by atoms with Crippen molar-refractivity contribution in [3.63, 3.8) is 0 Å². The van der Waals surface area contributed by atoms with E-state index >= 15 is 0 Å². The average Bonchev–Trinajstić information content (AvgIpc) is 2.17. The maximum Gasteiger partial charge on any atom is 0.123 e. The number of benzene rings is 2. The summed E-state index contributed by atoms with van der Waals surface area (Å²) in [5.41, 5.74) is 1.53. The zero-order valence-corrected chi connectivity index (χ0v) is 9.19. The average molecular weight is 241 g/mol. The highest BCUT2D eigenvalue weighted by molar-refractivity contribution is 6.36. The molecule has 0 saturated heterocycles. The van der Waals surface area contributed by atoms with Crippen molar-refractivity contribution in [1.82, 2.24) is 0 Å². The summed E-state index contributed by atoms with van der Waals surface area (Å²) in [6.45, 7) is 0. The van der Waals surface area contributed by atoms with Crippen LogP contribution in [0.1, 0.15) is 0 Å². The van der Waals surface area contributed by atoms with E-state index in [1.165, 1.54) is 12.1 Å². The maximum absolute atomic E-state index is 13.0. The van der Waals surface area contributed by atoms with E-state index in [0.29, 0.717) is 10.0 Å². The van der Waals surface area contributed by atoms with Crippen LogP contribution in [0, 0.1) is 5.82 Å². The fraction of sp³-hybridized carbons (Fsp3) is 0. The minimum atomic E-state index is -0.279. The van der Waals surface area contributed by atoms with Gasteiger partial charge in [0.05, 0.1) is 0 Å². The Hall–Kier alpha value is -1.05. The van der Waals surface area contributed by atoms with Gasteiger partial charge in [-0.25, -0.2) is 4.39 Å². The first-order chi connectivity index (χ1) is 7.16. The number of hydrogen-bond donors (Lipinski definition) is 0. The molecule has 2 rings (SSSR count). The van der Waals surface area contributed by atoms with Crippen molar-refractivity contribution in [2.45, 2.75) is 0 Å². The van der Waals surface area contributed by atoms with Crippen LogP contribution >= 0.6 is 23.2 Å². The topological polar surface area (TPSA) is 0 Å². The molecule has 0 aromatic heterocycles. The molecule has 0 fully saturated rings. The second-order valence-corrected chi connectivity index (χ2v) is 3.98. The molecule has 76 valence electrons. The minimum Gasteiger partial charge on any atom is -0.207 e. The molecule has 2 aromatic carbocycles. The monoisotopic (exact) mass is 240 g/mol. The van der Waals surface area contributed by atoms with Gasteiger partial charge >= 0.3 is 0 Å². The van der Waals surface area contributed by atoms with Crippen molar-refractivity contribution in [2.24, 2.45) is 0 Å². The van der Waals surface area contributed by atoms with Gasteiger partial charge in [0.2, 0.25) is 0 Å². The molecule has 3 heteroatoms. The third kappa shape index (κ3) is 2.31. The van der Waals surface area contributed by atoms with E-state index in [0.717, 1.165) is 11.1 Å². The molecule has 0 atom stereocenters. The molecule has 0 aliphatic carbocycles. The lowest BCUT2D eigenvalue weighted by Crippen LogP contribution is -1.81. The molecule has 0 heterocycles. The second kappa shape index (κ2) is 4.21. The quantitative estimate of drug-likeness (QED) is 0.672. The van der Waals surface area contributed by atoms with Crippen molar-refractivity contribution in [1.29, 1.82) is 0 Å². The summed E-state index contributed by atoms with van der Waals surface area (Å²) < 4.78 is 13.0. The lowest BCUT2D eigenvalue weighted by atomic mass is 10.1. The number of rotatable bonds is 1. The summed E-state index contributed by atoms with van der Waals surface area (Å²) in [7, 11) is 0. The third-order valence-electron chi connectivity index (χ3n) is 2.07. The summed E-state index contributed by atoms with van der Waals surface area (Å²) in [6.07, 6.45) is 0. The lowest BCUT2D eigenvalue weighted by Gasteiger charge is -2.04. The molecule has 0 unspecified atom stereocenters. The molecular formula is C12H7Cl2F. The van der Waals surface area contributed by atoms with Crippen molar-refractivity contribution in [3.05, 3.63) is 58.3 Å². The van der Waals surface area contributed by atoms with Crippen molar-refractivity contribution < 1.29 is 4.39 Å². The molecule has 0 nitrogen and oxygen atoms in total. The first-order valence-electron chi connectivity index (χ1n) is 4.38. The Bertz CT molecular complexity index is 495. The van der Waals surface area contributed by atoms with Gasteiger partial charge in [0, 0.05) is 15.6 Å². The fourth-order valence-corrected chi connectivity index (χ4v) is 1.90. The molecule has 0 aliphatic rings. The van der Waals surface area contributed by atoms with E-state index in [2.05, 4.69) is 0 Å². The Balaban J connectivity index is 2.54. The summed E-state index contributed by atoms with van der Waals surface area (Å²) in [6, 6.07) is 11.4. The van der Waals surface area contributed by atoms with Crippen molar-refractivity contribution in [3.8, 4) is 11.1 Å². The molecule has 0 radical (unpaired) electrons. The summed E-state index contributed by atoms with van der Waals surface area (Å²) in [5.74, 6) is -0.279. The van der Waals surface area contributed by atoms with Crippen molar-refractivity contribution >= 4 is 23.2 Å². The largest absolute Gasteiger partial charge is 0.207 e. The lowest BCUT2D eigenvalue weighted by molar-refractivity contribution is 0.628. The Labute approximate surface area is 97.3 Å². The zero-order chi connectivity index (χ0) is 10.8. The molecule has 0 bridgehead atoms. The minimum absolute atomic E-state index is 0.279. The van der Waals surface area contributed by atoms with Crippen LogP contribution < -0.4 is 0 Å². The molecule has 0 N–H and O–H groups in total. The van der Waals surface area contributed by atoms with E-state index in [4.69, 9.17) is 23.2 Å². The van der Waals surface area contributed by atoms with Gasteiger partial charge in [0.25, 0.3) is 0 Å². The molecule has 0 aliphatic heterocycles. The van der Waals surface area contributed by atoms with E-state index in [9.17, 15) is 4.39 Å². The van der Waals surface area contributed by atoms with Gasteiger partial charge < -0.3 is 0 Å². The van der Waals surface area contributed by atoms with Gasteiger partial charge in [-0.05, 0) is 29.8 Å². The summed E-state index contributed by atoms with van der Waals surface area (Å²) in [4.78, 5) is 0. The third-order valence-corrected chi connectivity index (χ3v) is 2.61. The van der Waals surface area contributed by atoms with Gasteiger partial charge in [-0.2, -0.15) is 0 Å². The molecular weight excluding hydrogens is 234 g/mol. The zero-order valence-electron chi connectivity index (χ0n) is 7.68. The van der Waals surface area contributed by atoms with Crippen LogP contribution in [0.3, 0.4) is 0 Å². The molecule has 15 heavy (non-hydrogen) atoms. The highest BCUT2D eigenvalue weighted by Crippen LogP contribution is 2.30. The first-order valence-corrected chi connectivity index (χ1v) is 5.13. The summed E-state index contributed by atoms with van der Waals surface area (Å²) in [5, 5.41) is 1.09. The molecule has 0 saturated carbocycles. The fourth-order valence-electron chi connectivity index (χ4n) is 1.38. The molecule has 2 aromatic rings. The van der Waals surface area contributed by atoms with Gasteiger partial charge in [-0.1, -0.05) is 41.4 Å². The van der Waals surface area contributed by atoms with Crippen LogP contribution in [0.25, 0.3) is 11.1 Å². The standard InChI is InChI=1S/C12H7Cl2F/c13-9-4-5-11(12(14)7-9)8-2-1-3-10(15)6-8/h1-7H. The first kappa shape index (κ1) is 10.5. The van der Waals surface area contributed by atoms with E-state index < -0.39 is 0 Å². The summed E-state index contributed by atoms with van der Waals surface area (Å²) >= 11 is 11.8. The maximum atomic E-state index is 13.0. The van der Waals surface area contributed by atoms with E-state index in [1.807, 2.05) is 0 Å². The smallest absolute Gasteiger partial charge is 0.123 e. The van der Waals surface area contributed by atoms with Crippen molar-refractivity contribution in [2.75, 3.05) is 0 Å². The van der Waals surface area contributed by atoms with E-state index in [-0.39, 0.29) is 5.82 Å². The normalized spacial score (nSPS) is 10.3. The van der Waals surface area contributed by atoms with Gasteiger partial charge in [-0.3, -0.25) is 0 Å². The second-order valence-electron chi connectivity index (χ2n) is 3.13. The number of halogens is 3. The number of hydrogen-bond acceptors (Lipinski definition) is 0. The molecule has 0 amide bonds. The van der Waals surface area contributed by atoms with E-state index in [1.54, 1.807) is 30.3 Å².